The number of nitrogens with two attached hydrogens (primary N) is 1. The number of hydrogen-bond acceptors (Lipinski definition) is 3. The van der Waals surface area contributed by atoms with E-state index in [1.807, 2.05) is 44.2 Å². The number of aryl methyl sites for hydroxylation is 1. The third-order valence-corrected chi connectivity index (χ3v) is 3.17. The Bertz CT molecular complexity index is 446. The third kappa shape index (κ3) is 6.90. The summed E-state index contributed by atoms with van der Waals surface area (Å²) in [4.78, 5) is 23.1. The number of amides is 2. The quantitative estimate of drug-likeness (QED) is 0.620. The van der Waals surface area contributed by atoms with Crippen molar-refractivity contribution in [3.05, 3.63) is 35.9 Å². The van der Waals surface area contributed by atoms with Crippen molar-refractivity contribution in [3.63, 3.8) is 0 Å². The van der Waals surface area contributed by atoms with Crippen LogP contribution < -0.4 is 16.4 Å². The topological polar surface area (TPSA) is 84.2 Å². The molecule has 5 heteroatoms. The molecule has 1 rings (SSSR count). The normalized spacial score (nSPS) is 12.0. The van der Waals surface area contributed by atoms with Crippen LogP contribution in [0.2, 0.25) is 0 Å². The van der Waals surface area contributed by atoms with E-state index >= 15 is 0 Å². The average Bonchev–Trinajstić information content (AvgIpc) is 2.49. The highest BCUT2D eigenvalue weighted by Gasteiger charge is 2.13. The first-order chi connectivity index (χ1) is 10.0. The molecule has 0 heterocycles. The zero-order valence-corrected chi connectivity index (χ0v) is 12.8. The van der Waals surface area contributed by atoms with Gasteiger partial charge in [0.1, 0.15) is 0 Å². The zero-order chi connectivity index (χ0) is 15.7. The van der Waals surface area contributed by atoms with E-state index < -0.39 is 6.04 Å². The van der Waals surface area contributed by atoms with E-state index in [-0.39, 0.29) is 17.7 Å². The first-order valence-electron chi connectivity index (χ1n) is 7.35. The molecule has 116 valence electrons. The number of benzene rings is 1. The molecule has 5 nitrogen and oxygen atoms in total. The van der Waals surface area contributed by atoms with Crippen molar-refractivity contribution < 1.29 is 9.59 Å². The van der Waals surface area contributed by atoms with Crippen LogP contribution in [0.5, 0.6) is 0 Å². The molecule has 0 fully saturated rings. The van der Waals surface area contributed by atoms with E-state index in [2.05, 4.69) is 10.6 Å². The first-order valence-corrected chi connectivity index (χ1v) is 7.35. The smallest absolute Gasteiger partial charge is 0.236 e. The number of carbonyl (C=O) groups excluding carboxylic acids is 2. The van der Waals surface area contributed by atoms with E-state index in [1.165, 1.54) is 5.56 Å². The summed E-state index contributed by atoms with van der Waals surface area (Å²) < 4.78 is 0. The molecule has 0 aromatic heterocycles. The van der Waals surface area contributed by atoms with Gasteiger partial charge in [0.15, 0.2) is 0 Å². The second kappa shape index (κ2) is 9.13. The fraction of sp³-hybridized carbons (Fsp3) is 0.500. The van der Waals surface area contributed by atoms with Crippen LogP contribution >= 0.6 is 0 Å². The Labute approximate surface area is 126 Å². The molecule has 0 aliphatic heterocycles. The van der Waals surface area contributed by atoms with Gasteiger partial charge < -0.3 is 16.4 Å². The molecule has 1 atom stereocenters. The predicted octanol–water partition coefficient (Wildman–Crippen LogP) is 0.835. The Morgan fingerprint density at radius 3 is 2.19 bits per heavy atom. The number of carbonyl (C=O) groups is 2. The van der Waals surface area contributed by atoms with Crippen LogP contribution in [0.25, 0.3) is 0 Å². The van der Waals surface area contributed by atoms with Crippen LogP contribution in [0, 0.1) is 5.92 Å². The molecule has 4 N–H and O–H groups in total. The van der Waals surface area contributed by atoms with Gasteiger partial charge in [0.05, 0.1) is 6.04 Å². The van der Waals surface area contributed by atoms with Gasteiger partial charge in [-0.05, 0) is 18.4 Å². The van der Waals surface area contributed by atoms with Crippen LogP contribution in [0.15, 0.2) is 30.3 Å². The van der Waals surface area contributed by atoms with Crippen LogP contribution in [0.1, 0.15) is 25.8 Å². The molecule has 0 aliphatic carbocycles. The van der Waals surface area contributed by atoms with Gasteiger partial charge in [-0.25, -0.2) is 0 Å². The van der Waals surface area contributed by atoms with Crippen LogP contribution in [-0.2, 0) is 16.0 Å². The third-order valence-electron chi connectivity index (χ3n) is 3.17. The van der Waals surface area contributed by atoms with Gasteiger partial charge in [-0.1, -0.05) is 44.2 Å². The maximum Gasteiger partial charge on any atom is 0.236 e. The molecule has 1 unspecified atom stereocenters. The molecule has 1 aromatic rings. The monoisotopic (exact) mass is 291 g/mol. The molecule has 0 bridgehead atoms. The number of rotatable bonds is 8. The first kappa shape index (κ1) is 17.2. The maximum atomic E-state index is 11.8. The Morgan fingerprint density at radius 2 is 1.62 bits per heavy atom. The van der Waals surface area contributed by atoms with Crippen molar-refractivity contribution >= 4 is 11.8 Å². The molecule has 0 aliphatic rings. The molecule has 0 saturated carbocycles. The summed E-state index contributed by atoms with van der Waals surface area (Å²) in [6.45, 7) is 4.48. The minimum absolute atomic E-state index is 0.0161. The highest BCUT2D eigenvalue weighted by Crippen LogP contribution is 2.03. The van der Waals surface area contributed by atoms with E-state index in [9.17, 15) is 9.59 Å². The second-order valence-electron chi connectivity index (χ2n) is 5.37. The summed E-state index contributed by atoms with van der Waals surface area (Å²) >= 11 is 0. The summed E-state index contributed by atoms with van der Waals surface area (Å²) in [6, 6.07) is 9.42. The lowest BCUT2D eigenvalue weighted by Gasteiger charge is -2.13. The zero-order valence-electron chi connectivity index (χ0n) is 12.8. The lowest BCUT2D eigenvalue weighted by molar-refractivity contribution is -0.125. The van der Waals surface area contributed by atoms with Crippen LogP contribution in [-0.4, -0.2) is 30.9 Å². The van der Waals surface area contributed by atoms with Crippen molar-refractivity contribution in [3.8, 4) is 0 Å². The summed E-state index contributed by atoms with van der Waals surface area (Å²) in [5.41, 5.74) is 7.03. The maximum absolute atomic E-state index is 11.8. The van der Waals surface area contributed by atoms with Gasteiger partial charge in [-0.2, -0.15) is 0 Å². The lowest BCUT2D eigenvalue weighted by Crippen LogP contribution is -2.44. The SMILES string of the molecule is CC(C)C(=O)NCCNC(=O)C(N)CCc1ccccc1. The molecule has 2 amide bonds. The average molecular weight is 291 g/mol. The van der Waals surface area contributed by atoms with Gasteiger partial charge in [-0.3, -0.25) is 9.59 Å². The summed E-state index contributed by atoms with van der Waals surface area (Å²) in [5, 5.41) is 5.47. The molecular formula is C16H25N3O2. The Hall–Kier alpha value is -1.88. The van der Waals surface area contributed by atoms with E-state index in [0.29, 0.717) is 19.5 Å². The fourth-order valence-corrected chi connectivity index (χ4v) is 1.80. The van der Waals surface area contributed by atoms with Gasteiger partial charge in [0.2, 0.25) is 11.8 Å². The van der Waals surface area contributed by atoms with Gasteiger partial charge in [0.25, 0.3) is 0 Å². The largest absolute Gasteiger partial charge is 0.354 e. The second-order valence-corrected chi connectivity index (χ2v) is 5.37. The molecule has 0 saturated heterocycles. The Morgan fingerprint density at radius 1 is 1.05 bits per heavy atom. The summed E-state index contributed by atoms with van der Waals surface area (Å²) in [7, 11) is 0. The highest BCUT2D eigenvalue weighted by molar-refractivity contribution is 5.81. The molecule has 0 radical (unpaired) electrons. The fourth-order valence-electron chi connectivity index (χ4n) is 1.80. The number of hydrogen-bond donors (Lipinski definition) is 3. The van der Waals surface area contributed by atoms with E-state index in [1.54, 1.807) is 0 Å². The van der Waals surface area contributed by atoms with Crippen LogP contribution in [0.4, 0.5) is 0 Å². The lowest BCUT2D eigenvalue weighted by atomic mass is 10.1. The van der Waals surface area contributed by atoms with E-state index in [0.717, 1.165) is 6.42 Å². The minimum Gasteiger partial charge on any atom is -0.354 e. The van der Waals surface area contributed by atoms with Gasteiger partial charge in [0, 0.05) is 19.0 Å². The molecule has 21 heavy (non-hydrogen) atoms. The molecular weight excluding hydrogens is 266 g/mol. The standard InChI is InChI=1S/C16H25N3O2/c1-12(2)15(20)18-10-11-19-16(21)14(17)9-8-13-6-4-3-5-7-13/h3-7,12,14H,8-11,17H2,1-2H3,(H,18,20)(H,19,21). The molecule has 1 aromatic carbocycles. The van der Waals surface area contributed by atoms with Crippen LogP contribution in [0.3, 0.4) is 0 Å². The molecule has 0 spiro atoms. The summed E-state index contributed by atoms with van der Waals surface area (Å²) in [5.74, 6) is -0.240. The van der Waals surface area contributed by atoms with E-state index in [4.69, 9.17) is 5.73 Å². The summed E-state index contributed by atoms with van der Waals surface area (Å²) in [6.07, 6.45) is 1.38. The van der Waals surface area contributed by atoms with Crippen molar-refractivity contribution in [1.82, 2.24) is 10.6 Å². The minimum atomic E-state index is -0.522. The Kier molecular flexibility index (Phi) is 7.46. The Balaban J connectivity index is 2.18. The van der Waals surface area contributed by atoms with Gasteiger partial charge >= 0.3 is 0 Å². The van der Waals surface area contributed by atoms with Gasteiger partial charge in [-0.15, -0.1) is 0 Å². The number of nitrogens with one attached hydrogen (secondary N) is 2. The van der Waals surface area contributed by atoms with Crippen molar-refractivity contribution in [2.45, 2.75) is 32.7 Å². The predicted molar refractivity (Wildman–Crippen MR) is 83.6 cm³/mol. The van der Waals surface area contributed by atoms with Crippen molar-refractivity contribution in [2.24, 2.45) is 11.7 Å². The van der Waals surface area contributed by atoms with Crippen molar-refractivity contribution in [1.29, 1.82) is 0 Å². The highest BCUT2D eigenvalue weighted by atomic mass is 16.2. The van der Waals surface area contributed by atoms with Crippen molar-refractivity contribution in [2.75, 3.05) is 13.1 Å².